The van der Waals surface area contributed by atoms with Crippen molar-refractivity contribution in [3.8, 4) is 5.75 Å². The highest BCUT2D eigenvalue weighted by molar-refractivity contribution is 5.35. The maximum Gasteiger partial charge on any atom is 0.115 e. The molecule has 0 heterocycles. The van der Waals surface area contributed by atoms with Gasteiger partial charge in [0.05, 0.1) is 0 Å². The van der Waals surface area contributed by atoms with Crippen LogP contribution in [0.2, 0.25) is 0 Å². The minimum Gasteiger partial charge on any atom is -0.508 e. The van der Waals surface area contributed by atoms with Gasteiger partial charge in [0.1, 0.15) is 5.75 Å². The van der Waals surface area contributed by atoms with Crippen molar-refractivity contribution in [2.45, 2.75) is 51.4 Å². The molecular formula is C21H28O. The minimum absolute atomic E-state index is 0.250. The van der Waals surface area contributed by atoms with Crippen molar-refractivity contribution in [1.29, 1.82) is 0 Å². The first-order valence-corrected chi connectivity index (χ1v) is 8.75. The van der Waals surface area contributed by atoms with Gasteiger partial charge in [0, 0.05) is 5.41 Å². The van der Waals surface area contributed by atoms with Gasteiger partial charge >= 0.3 is 0 Å². The number of benzene rings is 1. The molecule has 0 saturated heterocycles. The summed E-state index contributed by atoms with van der Waals surface area (Å²) in [4.78, 5) is 0. The molecule has 118 valence electrons. The zero-order chi connectivity index (χ0) is 15.6. The lowest BCUT2D eigenvalue weighted by Gasteiger charge is -2.46. The van der Waals surface area contributed by atoms with E-state index in [2.05, 4.69) is 50.3 Å². The normalized spacial score (nSPS) is 31.6. The van der Waals surface area contributed by atoms with E-state index in [0.29, 0.717) is 11.7 Å². The van der Waals surface area contributed by atoms with Gasteiger partial charge in [-0.25, -0.2) is 0 Å². The van der Waals surface area contributed by atoms with Crippen LogP contribution in [0.4, 0.5) is 0 Å². The van der Waals surface area contributed by atoms with Gasteiger partial charge in [0.25, 0.3) is 0 Å². The van der Waals surface area contributed by atoms with Crippen LogP contribution in [0.15, 0.2) is 48.6 Å². The van der Waals surface area contributed by atoms with Gasteiger partial charge in [-0.15, -0.1) is 0 Å². The molecule has 0 radical (unpaired) electrons. The van der Waals surface area contributed by atoms with Crippen molar-refractivity contribution in [2.24, 2.45) is 17.8 Å². The fourth-order valence-corrected chi connectivity index (χ4v) is 4.48. The first-order chi connectivity index (χ1) is 10.6. The summed E-state index contributed by atoms with van der Waals surface area (Å²) in [5, 5.41) is 9.64. The van der Waals surface area contributed by atoms with Crippen molar-refractivity contribution >= 4 is 0 Å². The van der Waals surface area contributed by atoms with Gasteiger partial charge in [-0.1, -0.05) is 50.3 Å². The van der Waals surface area contributed by atoms with Crippen LogP contribution in [0, 0.1) is 17.8 Å². The van der Waals surface area contributed by atoms with Crippen molar-refractivity contribution in [1.82, 2.24) is 0 Å². The van der Waals surface area contributed by atoms with E-state index in [-0.39, 0.29) is 5.41 Å². The van der Waals surface area contributed by atoms with Crippen LogP contribution < -0.4 is 0 Å². The molecule has 1 unspecified atom stereocenters. The second-order valence-corrected chi connectivity index (χ2v) is 7.44. The number of rotatable bonds is 3. The third kappa shape index (κ3) is 2.86. The van der Waals surface area contributed by atoms with Gasteiger partial charge in [-0.3, -0.25) is 0 Å². The van der Waals surface area contributed by atoms with Crippen molar-refractivity contribution < 1.29 is 5.11 Å². The molecule has 0 aliphatic heterocycles. The van der Waals surface area contributed by atoms with Crippen LogP contribution in [0.5, 0.6) is 5.75 Å². The monoisotopic (exact) mass is 296 g/mol. The van der Waals surface area contributed by atoms with Crippen LogP contribution in [0.3, 0.4) is 0 Å². The lowest BCUT2D eigenvalue weighted by molar-refractivity contribution is 0.154. The molecule has 22 heavy (non-hydrogen) atoms. The summed E-state index contributed by atoms with van der Waals surface area (Å²) in [6, 6.07) is 8.01. The van der Waals surface area contributed by atoms with Gasteiger partial charge in [-0.05, 0) is 67.6 Å². The maximum absolute atomic E-state index is 9.64. The first-order valence-electron chi connectivity index (χ1n) is 8.75. The highest BCUT2D eigenvalue weighted by atomic mass is 16.3. The fraction of sp³-hybridized carbons (Fsp3) is 0.524. The molecule has 0 spiro atoms. The van der Waals surface area contributed by atoms with E-state index >= 15 is 0 Å². The molecule has 1 atom stereocenters. The van der Waals surface area contributed by atoms with E-state index < -0.39 is 0 Å². The van der Waals surface area contributed by atoms with Crippen LogP contribution in [0.1, 0.15) is 51.5 Å². The molecule has 3 rings (SSSR count). The smallest absolute Gasteiger partial charge is 0.115 e. The van der Waals surface area contributed by atoms with Gasteiger partial charge in [-0.2, -0.15) is 0 Å². The number of hydrogen-bond donors (Lipinski definition) is 1. The number of aromatic hydroxyl groups is 1. The summed E-state index contributed by atoms with van der Waals surface area (Å²) >= 11 is 0. The highest BCUT2D eigenvalue weighted by Gasteiger charge is 2.42. The Morgan fingerprint density at radius 1 is 1.05 bits per heavy atom. The van der Waals surface area contributed by atoms with Crippen LogP contribution in [-0.4, -0.2) is 5.11 Å². The standard InChI is InChI=1S/C21H28O/c1-16(2)17-12-14-21(15-13-17,18-6-4-3-5-7-18)19-8-10-20(22)11-9-19/h3-6,8-11,16-18,22H,7,12-15H2,1-2H3/t17-,18?,21+. The minimum atomic E-state index is 0.250. The molecule has 1 aromatic rings. The molecule has 0 aromatic heterocycles. The average molecular weight is 296 g/mol. The predicted octanol–water partition coefficient (Wildman–Crippen LogP) is 5.61. The second kappa shape index (κ2) is 6.32. The van der Waals surface area contributed by atoms with Crippen molar-refractivity contribution in [2.75, 3.05) is 0 Å². The zero-order valence-corrected chi connectivity index (χ0v) is 13.8. The number of phenols is 1. The molecule has 1 aromatic carbocycles. The Morgan fingerprint density at radius 2 is 1.73 bits per heavy atom. The van der Waals surface area contributed by atoms with E-state index in [1.54, 1.807) is 0 Å². The Labute approximate surface area is 134 Å². The molecule has 0 amide bonds. The molecule has 1 heteroatoms. The Balaban J connectivity index is 1.91. The molecule has 1 nitrogen and oxygen atoms in total. The lowest BCUT2D eigenvalue weighted by Crippen LogP contribution is -2.39. The van der Waals surface area contributed by atoms with Crippen LogP contribution >= 0.6 is 0 Å². The summed E-state index contributed by atoms with van der Waals surface area (Å²) in [7, 11) is 0. The predicted molar refractivity (Wildman–Crippen MR) is 93.0 cm³/mol. The summed E-state index contributed by atoms with van der Waals surface area (Å²) in [6.45, 7) is 4.73. The summed E-state index contributed by atoms with van der Waals surface area (Å²) in [5.74, 6) is 2.62. The van der Waals surface area contributed by atoms with Gasteiger partial charge in [0.15, 0.2) is 0 Å². The molecular weight excluding hydrogens is 268 g/mol. The van der Waals surface area contributed by atoms with Crippen molar-refractivity contribution in [3.63, 3.8) is 0 Å². The highest BCUT2D eigenvalue weighted by Crippen LogP contribution is 2.50. The van der Waals surface area contributed by atoms with E-state index in [0.717, 1.165) is 18.3 Å². The van der Waals surface area contributed by atoms with Crippen LogP contribution in [-0.2, 0) is 5.41 Å². The number of phenolic OH excluding ortho intramolecular Hbond substituents is 1. The summed E-state index contributed by atoms with van der Waals surface area (Å²) in [5.41, 5.74) is 1.66. The topological polar surface area (TPSA) is 20.2 Å². The van der Waals surface area contributed by atoms with E-state index in [9.17, 15) is 5.11 Å². The first kappa shape index (κ1) is 15.4. The Kier molecular flexibility index (Phi) is 4.42. The third-order valence-electron chi connectivity index (χ3n) is 6.00. The molecule has 0 bridgehead atoms. The Hall–Kier alpha value is -1.50. The fourth-order valence-electron chi connectivity index (χ4n) is 4.48. The number of allylic oxidation sites excluding steroid dienone is 4. The average Bonchev–Trinajstić information content (AvgIpc) is 2.56. The zero-order valence-electron chi connectivity index (χ0n) is 13.8. The lowest BCUT2D eigenvalue weighted by atomic mass is 9.58. The SMILES string of the molecule is CC(C)[C@H]1CC[C@](c2ccc(O)cc2)(C2C=CC=CC2)CC1. The number of hydrogen-bond acceptors (Lipinski definition) is 1. The third-order valence-corrected chi connectivity index (χ3v) is 6.00. The molecule has 2 aliphatic carbocycles. The Bertz CT molecular complexity index is 542. The molecule has 2 aliphatic rings. The van der Waals surface area contributed by atoms with E-state index in [1.165, 1.54) is 31.2 Å². The molecule has 1 fully saturated rings. The Morgan fingerprint density at radius 3 is 2.27 bits per heavy atom. The van der Waals surface area contributed by atoms with Crippen molar-refractivity contribution in [3.05, 3.63) is 54.1 Å². The van der Waals surface area contributed by atoms with Crippen LogP contribution in [0.25, 0.3) is 0 Å². The second-order valence-electron chi connectivity index (χ2n) is 7.44. The maximum atomic E-state index is 9.64. The largest absolute Gasteiger partial charge is 0.508 e. The summed E-state index contributed by atoms with van der Waals surface area (Å²) in [6.07, 6.45) is 15.4. The summed E-state index contributed by atoms with van der Waals surface area (Å²) < 4.78 is 0. The quantitative estimate of drug-likeness (QED) is 0.768. The van der Waals surface area contributed by atoms with E-state index in [1.807, 2.05) is 12.1 Å². The molecule has 1 saturated carbocycles. The van der Waals surface area contributed by atoms with E-state index in [4.69, 9.17) is 0 Å². The molecule has 1 N–H and O–H groups in total. The van der Waals surface area contributed by atoms with Gasteiger partial charge in [0.2, 0.25) is 0 Å². The van der Waals surface area contributed by atoms with Gasteiger partial charge < -0.3 is 5.11 Å².